The Hall–Kier alpha value is -3.32. The monoisotopic (exact) mass is 513 g/mol. The lowest BCUT2D eigenvalue weighted by molar-refractivity contribution is -0.120. The first-order valence-electron chi connectivity index (χ1n) is 10.2. The third kappa shape index (κ3) is 4.53. The van der Waals surface area contributed by atoms with Gasteiger partial charge in [0.25, 0.3) is 17.7 Å². The first-order valence-corrected chi connectivity index (χ1v) is 11.3. The summed E-state index contributed by atoms with van der Waals surface area (Å²) >= 11 is 18.4. The molecule has 1 aliphatic heterocycles. The lowest BCUT2D eigenvalue weighted by Crippen LogP contribution is -2.32. The van der Waals surface area contributed by atoms with Crippen LogP contribution >= 0.6 is 34.8 Å². The van der Waals surface area contributed by atoms with E-state index in [2.05, 4.69) is 10.6 Å². The van der Waals surface area contributed by atoms with Crippen LogP contribution in [0.3, 0.4) is 0 Å². The quantitative estimate of drug-likeness (QED) is 0.392. The molecule has 172 valence electrons. The van der Waals surface area contributed by atoms with Crippen LogP contribution in [0.2, 0.25) is 10.0 Å². The van der Waals surface area contributed by atoms with Crippen LogP contribution < -0.4 is 15.5 Å². The summed E-state index contributed by atoms with van der Waals surface area (Å²) in [7, 11) is 0. The molecule has 6 nitrogen and oxygen atoms in total. The number of hydrogen-bond donors (Lipinski definition) is 2. The van der Waals surface area contributed by atoms with E-state index < -0.39 is 11.8 Å². The van der Waals surface area contributed by atoms with Gasteiger partial charge in [-0.25, -0.2) is 4.90 Å². The maximum absolute atomic E-state index is 13.0. The molecule has 0 saturated heterocycles. The summed E-state index contributed by atoms with van der Waals surface area (Å²) < 4.78 is 0. The lowest BCUT2D eigenvalue weighted by Gasteiger charge is -2.17. The second-order valence-corrected chi connectivity index (χ2v) is 8.85. The maximum atomic E-state index is 13.0. The average Bonchev–Trinajstić information content (AvgIpc) is 3.01. The van der Waals surface area contributed by atoms with Crippen molar-refractivity contribution in [2.24, 2.45) is 0 Å². The Balaban J connectivity index is 1.57. The van der Waals surface area contributed by atoms with Crippen molar-refractivity contribution >= 4 is 69.6 Å². The lowest BCUT2D eigenvalue weighted by atomic mass is 10.1. The first-order chi connectivity index (χ1) is 16.2. The minimum absolute atomic E-state index is 0.0571. The molecule has 0 fully saturated rings. The highest BCUT2D eigenvalue weighted by atomic mass is 35.5. The number of rotatable bonds is 5. The van der Waals surface area contributed by atoms with Crippen molar-refractivity contribution in [1.29, 1.82) is 0 Å². The summed E-state index contributed by atoms with van der Waals surface area (Å²) in [5.74, 6) is -1.75. The van der Waals surface area contributed by atoms with Crippen molar-refractivity contribution in [3.05, 3.63) is 98.1 Å². The van der Waals surface area contributed by atoms with E-state index in [1.807, 2.05) is 32.0 Å². The summed E-state index contributed by atoms with van der Waals surface area (Å²) in [5.41, 5.74) is 3.41. The standard InChI is InChI=1S/C25H18Cl3N3O3/c1-13-9-10-14(2)18(11-13)30-23(32)15-5-3-6-16(12-15)29-22-21(28)24(33)31(25(22)34)19-8-4-7-17(26)20(19)27/h3-12,29H,1-2H3,(H,30,32). The Kier molecular flexibility index (Phi) is 6.66. The smallest absolute Gasteiger partial charge is 0.283 e. The maximum Gasteiger partial charge on any atom is 0.283 e. The molecule has 4 rings (SSSR count). The van der Waals surface area contributed by atoms with Gasteiger partial charge in [-0.2, -0.15) is 0 Å². The van der Waals surface area contributed by atoms with Crippen LogP contribution in [-0.2, 0) is 9.59 Å². The highest BCUT2D eigenvalue weighted by Crippen LogP contribution is 2.37. The minimum Gasteiger partial charge on any atom is -0.350 e. The zero-order valence-corrected chi connectivity index (χ0v) is 20.3. The fraction of sp³-hybridized carbons (Fsp3) is 0.0800. The van der Waals surface area contributed by atoms with Gasteiger partial charge < -0.3 is 10.6 Å². The number of hydrogen-bond acceptors (Lipinski definition) is 4. The molecule has 1 heterocycles. The second kappa shape index (κ2) is 9.50. The summed E-state index contributed by atoms with van der Waals surface area (Å²) in [6.45, 7) is 3.85. The van der Waals surface area contributed by atoms with Crippen LogP contribution in [0.5, 0.6) is 0 Å². The number of carbonyl (C=O) groups is 3. The van der Waals surface area contributed by atoms with E-state index in [0.717, 1.165) is 16.0 Å². The van der Waals surface area contributed by atoms with Gasteiger partial charge >= 0.3 is 0 Å². The fourth-order valence-corrected chi connectivity index (χ4v) is 4.04. The van der Waals surface area contributed by atoms with Gasteiger partial charge in [0.15, 0.2) is 0 Å². The van der Waals surface area contributed by atoms with E-state index in [0.29, 0.717) is 16.9 Å². The largest absolute Gasteiger partial charge is 0.350 e. The van der Waals surface area contributed by atoms with Crippen LogP contribution in [0.15, 0.2) is 71.4 Å². The van der Waals surface area contributed by atoms with Crippen LogP contribution in [0, 0.1) is 13.8 Å². The number of aryl methyl sites for hydroxylation is 2. The molecule has 3 aromatic rings. The predicted molar refractivity (Wildman–Crippen MR) is 136 cm³/mol. The number of nitrogens with one attached hydrogen (secondary N) is 2. The van der Waals surface area contributed by atoms with Gasteiger partial charge in [-0.05, 0) is 61.4 Å². The first kappa shape index (κ1) is 23.8. The fourth-order valence-electron chi connectivity index (χ4n) is 3.44. The van der Waals surface area contributed by atoms with E-state index in [-0.39, 0.29) is 32.4 Å². The van der Waals surface area contributed by atoms with Crippen LogP contribution in [0.4, 0.5) is 17.1 Å². The number of benzene rings is 3. The van der Waals surface area contributed by atoms with Crippen LogP contribution in [-0.4, -0.2) is 17.7 Å². The van der Waals surface area contributed by atoms with E-state index in [9.17, 15) is 14.4 Å². The molecule has 0 atom stereocenters. The van der Waals surface area contributed by atoms with Gasteiger partial charge in [-0.3, -0.25) is 14.4 Å². The number of anilines is 3. The Morgan fingerprint density at radius 1 is 0.882 bits per heavy atom. The highest BCUT2D eigenvalue weighted by Gasteiger charge is 2.40. The molecule has 9 heteroatoms. The molecule has 0 spiro atoms. The van der Waals surface area contributed by atoms with Crippen LogP contribution in [0.1, 0.15) is 21.5 Å². The number of nitrogens with zero attached hydrogens (tertiary/aromatic N) is 1. The number of amides is 3. The van der Waals surface area contributed by atoms with Crippen molar-refractivity contribution in [3.63, 3.8) is 0 Å². The molecule has 1 aliphatic rings. The Labute approximate surface area is 211 Å². The van der Waals surface area contributed by atoms with Crippen molar-refractivity contribution < 1.29 is 14.4 Å². The zero-order valence-electron chi connectivity index (χ0n) is 18.1. The van der Waals surface area contributed by atoms with Crippen molar-refractivity contribution in [3.8, 4) is 0 Å². The van der Waals surface area contributed by atoms with Gasteiger partial charge in [0.1, 0.15) is 10.7 Å². The van der Waals surface area contributed by atoms with E-state index in [1.54, 1.807) is 36.4 Å². The van der Waals surface area contributed by atoms with Crippen molar-refractivity contribution in [2.75, 3.05) is 15.5 Å². The molecule has 3 aromatic carbocycles. The van der Waals surface area contributed by atoms with Crippen LogP contribution in [0.25, 0.3) is 0 Å². The van der Waals surface area contributed by atoms with E-state index in [1.165, 1.54) is 6.07 Å². The zero-order chi connectivity index (χ0) is 24.6. The van der Waals surface area contributed by atoms with E-state index in [4.69, 9.17) is 34.8 Å². The van der Waals surface area contributed by atoms with Gasteiger partial charge in [-0.15, -0.1) is 0 Å². The normalized spacial score (nSPS) is 13.5. The van der Waals surface area contributed by atoms with Gasteiger partial charge in [-0.1, -0.05) is 59.1 Å². The molecule has 0 radical (unpaired) electrons. The third-order valence-corrected chi connectivity index (χ3v) is 6.39. The topological polar surface area (TPSA) is 78.5 Å². The van der Waals surface area contributed by atoms with Gasteiger partial charge in [0.2, 0.25) is 0 Å². The van der Waals surface area contributed by atoms with Crippen molar-refractivity contribution in [2.45, 2.75) is 13.8 Å². The molecular formula is C25H18Cl3N3O3. The molecule has 3 amide bonds. The SMILES string of the molecule is Cc1ccc(C)c(NC(=O)c2cccc(NC3=C(Cl)C(=O)N(c4cccc(Cl)c4Cl)C3=O)c2)c1. The minimum atomic E-state index is -0.734. The molecule has 0 saturated carbocycles. The number of carbonyl (C=O) groups excluding carboxylic acids is 3. The molecule has 0 bridgehead atoms. The average molecular weight is 515 g/mol. The third-order valence-electron chi connectivity index (χ3n) is 5.23. The highest BCUT2D eigenvalue weighted by molar-refractivity contribution is 6.54. The Morgan fingerprint density at radius 3 is 2.38 bits per heavy atom. The van der Waals surface area contributed by atoms with E-state index >= 15 is 0 Å². The summed E-state index contributed by atoms with van der Waals surface area (Å²) in [6, 6.07) is 16.9. The summed E-state index contributed by atoms with van der Waals surface area (Å²) in [5, 5.41) is 5.71. The summed E-state index contributed by atoms with van der Waals surface area (Å²) in [6.07, 6.45) is 0. The molecule has 0 aromatic heterocycles. The molecule has 0 unspecified atom stereocenters. The van der Waals surface area contributed by atoms with Gasteiger partial charge in [0, 0.05) is 16.9 Å². The second-order valence-electron chi connectivity index (χ2n) is 7.69. The Morgan fingerprint density at radius 2 is 1.62 bits per heavy atom. The molecule has 34 heavy (non-hydrogen) atoms. The Bertz CT molecular complexity index is 1380. The predicted octanol–water partition coefficient (Wildman–Crippen LogP) is 6.30. The number of imide groups is 1. The molecular weight excluding hydrogens is 497 g/mol. The molecule has 0 aliphatic carbocycles. The summed E-state index contributed by atoms with van der Waals surface area (Å²) in [4.78, 5) is 39.4. The molecule has 2 N–H and O–H groups in total. The van der Waals surface area contributed by atoms with Gasteiger partial charge in [0.05, 0.1) is 15.7 Å². The number of halogens is 3. The van der Waals surface area contributed by atoms with Crippen molar-refractivity contribution in [1.82, 2.24) is 0 Å².